The van der Waals surface area contributed by atoms with Crippen molar-refractivity contribution < 1.29 is 18.0 Å². The van der Waals surface area contributed by atoms with Gasteiger partial charge in [-0.1, -0.05) is 12.1 Å². The third kappa shape index (κ3) is 4.12. The number of nitrogens with zero attached hydrogens (tertiary/aromatic N) is 2. The first-order valence-electron chi connectivity index (χ1n) is 7.96. The summed E-state index contributed by atoms with van der Waals surface area (Å²) in [6, 6.07) is 6.92. The van der Waals surface area contributed by atoms with Crippen molar-refractivity contribution in [1.82, 2.24) is 4.90 Å². The van der Waals surface area contributed by atoms with Gasteiger partial charge in [-0.2, -0.15) is 0 Å². The summed E-state index contributed by atoms with van der Waals surface area (Å²) in [5.41, 5.74) is 0.974. The minimum atomic E-state index is -3.64. The van der Waals surface area contributed by atoms with E-state index in [0.29, 0.717) is 24.3 Å². The van der Waals surface area contributed by atoms with E-state index >= 15 is 0 Å². The summed E-state index contributed by atoms with van der Waals surface area (Å²) in [4.78, 5) is 28.2. The predicted octanol–water partition coefficient (Wildman–Crippen LogP) is 0.810. The van der Waals surface area contributed by atoms with E-state index in [9.17, 15) is 18.0 Å². The fraction of sp³-hybridized carbons (Fsp3) is 0.500. The highest BCUT2D eigenvalue weighted by Gasteiger charge is 2.34. The zero-order chi connectivity index (χ0) is 17.9. The van der Waals surface area contributed by atoms with Crippen LogP contribution in [0.2, 0.25) is 0 Å². The molecule has 1 unspecified atom stereocenters. The monoisotopic (exact) mass is 353 g/mol. The van der Waals surface area contributed by atoms with Gasteiger partial charge in [-0.05, 0) is 26.0 Å². The van der Waals surface area contributed by atoms with E-state index in [1.54, 1.807) is 29.2 Å². The molecular weight excluding hydrogens is 330 g/mol. The lowest BCUT2D eigenvalue weighted by Crippen LogP contribution is -2.33. The van der Waals surface area contributed by atoms with Crippen LogP contribution in [0.15, 0.2) is 24.3 Å². The van der Waals surface area contributed by atoms with Gasteiger partial charge in [0, 0.05) is 32.0 Å². The Balaban J connectivity index is 2.30. The lowest BCUT2D eigenvalue weighted by atomic mass is 10.1. The molecule has 0 saturated carbocycles. The van der Waals surface area contributed by atoms with Crippen LogP contribution in [0, 0.1) is 5.92 Å². The van der Waals surface area contributed by atoms with Crippen LogP contribution in [0.5, 0.6) is 0 Å². The van der Waals surface area contributed by atoms with E-state index in [0.717, 1.165) is 0 Å². The van der Waals surface area contributed by atoms with E-state index in [1.807, 2.05) is 13.8 Å². The number of nitrogens with two attached hydrogens (primary N) is 1. The summed E-state index contributed by atoms with van der Waals surface area (Å²) >= 11 is 0. The molecule has 0 spiro atoms. The first kappa shape index (κ1) is 18.4. The fourth-order valence-corrected chi connectivity index (χ4v) is 3.91. The van der Waals surface area contributed by atoms with Crippen LogP contribution in [0.1, 0.15) is 30.6 Å². The molecule has 132 valence electrons. The maximum absolute atomic E-state index is 12.7. The van der Waals surface area contributed by atoms with Crippen LogP contribution in [-0.2, 0) is 14.8 Å². The average molecular weight is 353 g/mol. The van der Waals surface area contributed by atoms with Crippen LogP contribution in [0.3, 0.4) is 0 Å². The van der Waals surface area contributed by atoms with Gasteiger partial charge in [-0.25, -0.2) is 13.6 Å². The van der Waals surface area contributed by atoms with Crippen LogP contribution in [0.4, 0.5) is 5.69 Å². The molecule has 24 heavy (non-hydrogen) atoms. The van der Waals surface area contributed by atoms with E-state index in [2.05, 4.69) is 0 Å². The number of hydrogen-bond acceptors (Lipinski definition) is 4. The van der Waals surface area contributed by atoms with Crippen LogP contribution >= 0.6 is 0 Å². The molecule has 1 aromatic rings. The minimum absolute atomic E-state index is 0.115. The van der Waals surface area contributed by atoms with Gasteiger partial charge in [0.1, 0.15) is 0 Å². The molecule has 0 radical (unpaired) electrons. The van der Waals surface area contributed by atoms with Gasteiger partial charge in [0.25, 0.3) is 5.91 Å². The zero-order valence-corrected chi connectivity index (χ0v) is 14.8. The Morgan fingerprint density at radius 1 is 1.29 bits per heavy atom. The standard InChI is InChI=1S/C16H23N3O4S/c1-3-18(4-2)16(21)13-7-5-6-8-14(13)19-10-12(9-15(19)20)11-24(17,22)23/h5-8,12H,3-4,9-11H2,1-2H3,(H2,17,22,23). The average Bonchev–Trinajstić information content (AvgIpc) is 2.86. The molecule has 0 bridgehead atoms. The number of carbonyl (C=O) groups excluding carboxylic acids is 2. The van der Waals surface area contributed by atoms with E-state index in [-0.39, 0.29) is 36.5 Å². The Morgan fingerprint density at radius 2 is 1.92 bits per heavy atom. The number of carbonyl (C=O) groups is 2. The van der Waals surface area contributed by atoms with E-state index < -0.39 is 10.0 Å². The second-order valence-electron chi connectivity index (χ2n) is 5.90. The third-order valence-electron chi connectivity index (χ3n) is 4.15. The summed E-state index contributed by atoms with van der Waals surface area (Å²) in [6.07, 6.45) is 0.115. The third-order valence-corrected chi connectivity index (χ3v) is 5.09. The number of sulfonamides is 1. The molecule has 7 nitrogen and oxygen atoms in total. The lowest BCUT2D eigenvalue weighted by Gasteiger charge is -2.24. The lowest BCUT2D eigenvalue weighted by molar-refractivity contribution is -0.117. The minimum Gasteiger partial charge on any atom is -0.339 e. The number of benzene rings is 1. The fourth-order valence-electron chi connectivity index (χ4n) is 3.03. The molecule has 1 aliphatic heterocycles. The van der Waals surface area contributed by atoms with Crippen molar-refractivity contribution in [2.75, 3.05) is 30.3 Å². The summed E-state index contributed by atoms with van der Waals surface area (Å²) in [7, 11) is -3.64. The normalized spacial score (nSPS) is 18.0. The first-order valence-corrected chi connectivity index (χ1v) is 9.67. The molecule has 1 aliphatic rings. The Kier molecular flexibility index (Phi) is 5.61. The highest BCUT2D eigenvalue weighted by Crippen LogP contribution is 2.29. The second-order valence-corrected chi connectivity index (χ2v) is 7.56. The van der Waals surface area contributed by atoms with Crippen molar-refractivity contribution in [3.05, 3.63) is 29.8 Å². The van der Waals surface area contributed by atoms with Crippen molar-refractivity contribution in [2.24, 2.45) is 11.1 Å². The Morgan fingerprint density at radius 3 is 2.50 bits per heavy atom. The Labute approximate surface area is 142 Å². The second kappa shape index (κ2) is 7.31. The van der Waals surface area contributed by atoms with Crippen molar-refractivity contribution >= 4 is 27.5 Å². The van der Waals surface area contributed by atoms with Crippen LogP contribution < -0.4 is 10.0 Å². The maximum Gasteiger partial charge on any atom is 0.255 e. The summed E-state index contributed by atoms with van der Waals surface area (Å²) < 4.78 is 22.5. The molecule has 1 aromatic carbocycles. The van der Waals surface area contributed by atoms with Crippen LogP contribution in [-0.4, -0.2) is 50.5 Å². The van der Waals surface area contributed by atoms with Crippen molar-refractivity contribution in [2.45, 2.75) is 20.3 Å². The number of rotatable bonds is 6. The molecule has 2 N–H and O–H groups in total. The summed E-state index contributed by atoms with van der Waals surface area (Å²) in [6.45, 7) is 5.19. The zero-order valence-electron chi connectivity index (χ0n) is 13.9. The SMILES string of the molecule is CCN(CC)C(=O)c1ccccc1N1CC(CS(N)(=O)=O)CC1=O. The molecule has 1 heterocycles. The number of primary sulfonamides is 1. The Bertz CT molecular complexity index is 729. The van der Waals surface area contributed by atoms with Gasteiger partial charge < -0.3 is 9.80 Å². The Hall–Kier alpha value is -1.93. The van der Waals surface area contributed by atoms with Gasteiger partial charge in [-0.3, -0.25) is 9.59 Å². The topological polar surface area (TPSA) is 101 Å². The number of hydrogen-bond donors (Lipinski definition) is 1. The van der Waals surface area contributed by atoms with Gasteiger partial charge >= 0.3 is 0 Å². The summed E-state index contributed by atoms with van der Waals surface area (Å²) in [5, 5.41) is 5.08. The number of amides is 2. The predicted molar refractivity (Wildman–Crippen MR) is 92.1 cm³/mol. The molecule has 2 amide bonds. The van der Waals surface area contributed by atoms with Crippen molar-refractivity contribution in [3.8, 4) is 0 Å². The number of anilines is 1. The molecule has 0 aromatic heterocycles. The van der Waals surface area contributed by atoms with Gasteiger partial charge in [0.2, 0.25) is 15.9 Å². The van der Waals surface area contributed by atoms with Crippen LogP contribution in [0.25, 0.3) is 0 Å². The molecule has 8 heteroatoms. The largest absolute Gasteiger partial charge is 0.339 e. The van der Waals surface area contributed by atoms with Gasteiger partial charge in [-0.15, -0.1) is 0 Å². The number of para-hydroxylation sites is 1. The van der Waals surface area contributed by atoms with E-state index in [4.69, 9.17) is 5.14 Å². The molecule has 1 atom stereocenters. The van der Waals surface area contributed by atoms with Crippen molar-refractivity contribution in [1.29, 1.82) is 0 Å². The van der Waals surface area contributed by atoms with E-state index in [1.165, 1.54) is 4.90 Å². The first-order chi connectivity index (χ1) is 11.3. The molecule has 1 fully saturated rings. The smallest absolute Gasteiger partial charge is 0.255 e. The molecule has 0 aliphatic carbocycles. The molecular formula is C16H23N3O4S. The molecule has 2 rings (SSSR count). The highest BCUT2D eigenvalue weighted by molar-refractivity contribution is 7.89. The van der Waals surface area contributed by atoms with Crippen molar-refractivity contribution in [3.63, 3.8) is 0 Å². The highest BCUT2D eigenvalue weighted by atomic mass is 32.2. The van der Waals surface area contributed by atoms with Gasteiger partial charge in [0.15, 0.2) is 0 Å². The summed E-state index contributed by atoms with van der Waals surface area (Å²) in [5.74, 6) is -0.924. The van der Waals surface area contributed by atoms with Gasteiger partial charge in [0.05, 0.1) is 17.0 Å². The quantitative estimate of drug-likeness (QED) is 0.818. The molecule has 1 saturated heterocycles. The maximum atomic E-state index is 12.7.